The molecular weight excluding hydrogens is 503 g/mol. The van der Waals surface area contributed by atoms with Gasteiger partial charge in [-0.2, -0.15) is 0 Å². The predicted molar refractivity (Wildman–Crippen MR) is 145 cm³/mol. The first kappa shape index (κ1) is 23.0. The summed E-state index contributed by atoms with van der Waals surface area (Å²) in [7, 11) is 0. The number of rotatable bonds is 7. The van der Waals surface area contributed by atoms with Crippen LogP contribution in [0.25, 0.3) is 17.1 Å². The second-order valence-corrected chi connectivity index (χ2v) is 11.1. The molecule has 1 aliphatic rings. The van der Waals surface area contributed by atoms with Crippen LogP contribution in [0, 0.1) is 0 Å². The minimum Gasteiger partial charge on any atom is -0.292 e. The summed E-state index contributed by atoms with van der Waals surface area (Å²) in [6, 6.07) is 21.6. The maximum absolute atomic E-state index is 13.4. The van der Waals surface area contributed by atoms with Gasteiger partial charge < -0.3 is 0 Å². The third-order valence-electron chi connectivity index (χ3n) is 5.23. The van der Waals surface area contributed by atoms with Gasteiger partial charge in [0, 0.05) is 23.6 Å². The number of imidazole rings is 1. The highest BCUT2D eigenvalue weighted by atomic mass is 32.2. The van der Waals surface area contributed by atoms with Crippen molar-refractivity contribution in [2.24, 2.45) is 0 Å². The number of thiophene rings is 1. The minimum atomic E-state index is -0.148. The Labute approximate surface area is 214 Å². The quantitative estimate of drug-likeness (QED) is 0.161. The smallest absolute Gasteiger partial charge is 0.266 e. The van der Waals surface area contributed by atoms with Gasteiger partial charge in [0.1, 0.15) is 4.32 Å². The highest BCUT2D eigenvalue weighted by molar-refractivity contribution is 8.26. The SMILES string of the molecule is O=C1C(=Cc2cccs2)SC(=S)N1CCC(=O)n1c(SCc2ccccc2)nc2ccccc21. The van der Waals surface area contributed by atoms with E-state index in [0.29, 0.717) is 20.1 Å². The molecule has 9 heteroatoms. The van der Waals surface area contributed by atoms with Gasteiger partial charge in [-0.3, -0.25) is 19.1 Å². The Bertz CT molecular complexity index is 1390. The van der Waals surface area contributed by atoms with E-state index in [1.165, 1.54) is 28.4 Å². The zero-order valence-electron chi connectivity index (χ0n) is 17.9. The lowest BCUT2D eigenvalue weighted by Crippen LogP contribution is -2.31. The zero-order chi connectivity index (χ0) is 23.5. The predicted octanol–water partition coefficient (Wildman–Crippen LogP) is 6.32. The van der Waals surface area contributed by atoms with Gasteiger partial charge in [0.25, 0.3) is 5.91 Å². The molecule has 0 radical (unpaired) electrons. The van der Waals surface area contributed by atoms with Gasteiger partial charge in [-0.1, -0.05) is 84.3 Å². The van der Waals surface area contributed by atoms with E-state index in [1.54, 1.807) is 15.9 Å². The lowest BCUT2D eigenvalue weighted by atomic mass is 10.2. The molecule has 0 N–H and O–H groups in total. The molecule has 0 spiro atoms. The fourth-order valence-corrected chi connectivity index (χ4v) is 6.59. The van der Waals surface area contributed by atoms with Crippen molar-refractivity contribution in [3.05, 3.63) is 87.5 Å². The number of para-hydroxylation sites is 2. The standard InChI is InChI=1S/C25H19N3O2S4/c29-22(12-13-27-23(30)21(34-25(27)31)15-18-9-6-14-32-18)28-20-11-5-4-10-19(20)26-24(28)33-16-17-7-2-1-3-8-17/h1-11,14-15H,12-13,16H2. The lowest BCUT2D eigenvalue weighted by molar-refractivity contribution is -0.122. The van der Waals surface area contributed by atoms with E-state index in [9.17, 15) is 9.59 Å². The normalized spacial score (nSPS) is 15.1. The molecule has 0 bridgehead atoms. The molecule has 4 aromatic rings. The van der Waals surface area contributed by atoms with E-state index in [0.717, 1.165) is 21.5 Å². The molecule has 5 nitrogen and oxygen atoms in total. The van der Waals surface area contributed by atoms with Crippen LogP contribution < -0.4 is 0 Å². The molecule has 0 saturated carbocycles. The largest absolute Gasteiger partial charge is 0.292 e. The number of hydrogen-bond acceptors (Lipinski definition) is 7. The molecule has 1 amide bonds. The Kier molecular flexibility index (Phi) is 6.96. The lowest BCUT2D eigenvalue weighted by Gasteiger charge is -2.14. The first-order valence-corrected chi connectivity index (χ1v) is 13.7. The van der Waals surface area contributed by atoms with Crippen LogP contribution in [0.2, 0.25) is 0 Å². The number of thiocarbonyl (C=S) groups is 1. The highest BCUT2D eigenvalue weighted by Gasteiger charge is 2.32. The van der Waals surface area contributed by atoms with Crippen LogP contribution in [-0.2, 0) is 10.5 Å². The first-order valence-electron chi connectivity index (χ1n) is 10.6. The summed E-state index contributed by atoms with van der Waals surface area (Å²) in [6.45, 7) is 0.237. The average Bonchev–Trinajstić information content (AvgIpc) is 3.56. The third kappa shape index (κ3) is 4.88. The van der Waals surface area contributed by atoms with Gasteiger partial charge in [-0.25, -0.2) is 4.98 Å². The van der Waals surface area contributed by atoms with Crippen LogP contribution in [0.4, 0.5) is 0 Å². The molecule has 0 unspecified atom stereocenters. The number of nitrogens with zero attached hydrogens (tertiary/aromatic N) is 3. The van der Waals surface area contributed by atoms with Crippen LogP contribution in [0.15, 0.2) is 82.2 Å². The molecule has 2 aromatic carbocycles. The van der Waals surface area contributed by atoms with E-state index in [2.05, 4.69) is 12.1 Å². The van der Waals surface area contributed by atoms with Crippen molar-refractivity contribution in [3.8, 4) is 0 Å². The maximum Gasteiger partial charge on any atom is 0.266 e. The van der Waals surface area contributed by atoms with Crippen molar-refractivity contribution in [2.45, 2.75) is 17.3 Å². The van der Waals surface area contributed by atoms with Gasteiger partial charge in [-0.05, 0) is 35.2 Å². The van der Waals surface area contributed by atoms with Crippen molar-refractivity contribution >= 4 is 80.3 Å². The summed E-state index contributed by atoms with van der Waals surface area (Å²) in [5.74, 6) is 0.450. The summed E-state index contributed by atoms with van der Waals surface area (Å²) in [5.41, 5.74) is 2.70. The molecule has 5 rings (SSSR count). The Hall–Kier alpha value is -2.72. The second-order valence-electron chi connectivity index (χ2n) is 7.49. The number of hydrogen-bond donors (Lipinski definition) is 0. The van der Waals surface area contributed by atoms with Crippen LogP contribution >= 0.6 is 47.1 Å². The number of thioether (sulfide) groups is 2. The van der Waals surface area contributed by atoms with E-state index in [-0.39, 0.29) is 24.8 Å². The average molecular weight is 522 g/mol. The van der Waals surface area contributed by atoms with Crippen molar-refractivity contribution in [2.75, 3.05) is 6.54 Å². The Morgan fingerprint density at radius 2 is 1.85 bits per heavy atom. The van der Waals surface area contributed by atoms with Crippen molar-refractivity contribution in [1.29, 1.82) is 0 Å². The summed E-state index contributed by atoms with van der Waals surface area (Å²) in [5, 5.41) is 2.62. The van der Waals surface area contributed by atoms with Crippen molar-refractivity contribution in [3.63, 3.8) is 0 Å². The summed E-state index contributed by atoms with van der Waals surface area (Å²) in [4.78, 5) is 34.1. The molecule has 34 heavy (non-hydrogen) atoms. The number of amides is 1. The summed E-state index contributed by atoms with van der Waals surface area (Å²) < 4.78 is 2.15. The molecule has 1 aliphatic heterocycles. The van der Waals surface area contributed by atoms with E-state index >= 15 is 0 Å². The van der Waals surface area contributed by atoms with E-state index in [4.69, 9.17) is 17.2 Å². The van der Waals surface area contributed by atoms with Crippen molar-refractivity contribution < 1.29 is 9.59 Å². The molecule has 0 atom stereocenters. The van der Waals surface area contributed by atoms with Gasteiger partial charge in [0.05, 0.1) is 15.9 Å². The number of benzene rings is 2. The molecule has 0 aliphatic carbocycles. The van der Waals surface area contributed by atoms with E-state index in [1.807, 2.05) is 66.1 Å². The highest BCUT2D eigenvalue weighted by Crippen LogP contribution is 2.34. The molecule has 1 fully saturated rings. The molecule has 170 valence electrons. The Morgan fingerprint density at radius 1 is 1.06 bits per heavy atom. The van der Waals surface area contributed by atoms with Gasteiger partial charge in [0.2, 0.25) is 5.91 Å². The van der Waals surface area contributed by atoms with Crippen LogP contribution in [0.5, 0.6) is 0 Å². The number of aromatic nitrogens is 2. The van der Waals surface area contributed by atoms with E-state index < -0.39 is 0 Å². The molecular formula is C25H19N3O2S4. The Balaban J connectivity index is 1.33. The monoisotopic (exact) mass is 521 g/mol. The fourth-order valence-electron chi connectivity index (χ4n) is 3.58. The summed E-state index contributed by atoms with van der Waals surface area (Å²) in [6.07, 6.45) is 2.01. The topological polar surface area (TPSA) is 55.2 Å². The zero-order valence-corrected chi connectivity index (χ0v) is 21.2. The minimum absolute atomic E-state index is 0.111. The summed E-state index contributed by atoms with van der Waals surface area (Å²) >= 11 is 9.81. The van der Waals surface area contributed by atoms with Gasteiger partial charge in [0.15, 0.2) is 5.16 Å². The molecule has 3 heterocycles. The first-order chi connectivity index (χ1) is 16.6. The van der Waals surface area contributed by atoms with Crippen LogP contribution in [0.3, 0.4) is 0 Å². The molecule has 1 saturated heterocycles. The number of carbonyl (C=O) groups is 2. The second kappa shape index (κ2) is 10.3. The van der Waals surface area contributed by atoms with Crippen LogP contribution in [-0.4, -0.2) is 37.1 Å². The number of carbonyl (C=O) groups excluding carboxylic acids is 2. The Morgan fingerprint density at radius 3 is 2.65 bits per heavy atom. The van der Waals surface area contributed by atoms with Gasteiger partial charge >= 0.3 is 0 Å². The third-order valence-corrected chi connectivity index (χ3v) is 8.44. The molecule has 2 aromatic heterocycles. The van der Waals surface area contributed by atoms with Crippen LogP contribution in [0.1, 0.15) is 21.7 Å². The van der Waals surface area contributed by atoms with Crippen molar-refractivity contribution in [1.82, 2.24) is 14.5 Å². The fraction of sp³-hybridized carbons (Fsp3) is 0.120. The maximum atomic E-state index is 13.4. The van der Waals surface area contributed by atoms with Gasteiger partial charge in [-0.15, -0.1) is 11.3 Å². The number of fused-ring (bicyclic) bond motifs is 1.